The summed E-state index contributed by atoms with van der Waals surface area (Å²) in [7, 11) is 0. The van der Waals surface area contributed by atoms with Crippen molar-refractivity contribution in [1.82, 2.24) is 20.0 Å². The van der Waals surface area contributed by atoms with E-state index in [9.17, 15) is 4.79 Å². The van der Waals surface area contributed by atoms with Gasteiger partial charge in [0.15, 0.2) is 6.10 Å². The molecule has 3 aromatic rings. The Morgan fingerprint density at radius 3 is 2.97 bits per heavy atom. The highest BCUT2D eigenvalue weighted by atomic mass is 16.5. The fraction of sp³-hybridized carbons (Fsp3) is 0.391. The molecule has 4 rings (SSSR count). The van der Waals surface area contributed by atoms with Gasteiger partial charge in [-0.25, -0.2) is 0 Å². The number of morpholine rings is 1. The molecule has 8 heteroatoms. The third-order valence-electron chi connectivity index (χ3n) is 5.15. The number of nitrogens with zero attached hydrogens (tertiary/aromatic N) is 4. The number of amides is 1. The minimum atomic E-state index is -0.436. The molecule has 1 aromatic carbocycles. The zero-order valence-electron chi connectivity index (χ0n) is 17.8. The lowest BCUT2D eigenvalue weighted by molar-refractivity contribution is -0.140. The topological polar surface area (TPSA) is 90.6 Å². The molecular weight excluding hydrogens is 396 g/mol. The highest BCUT2D eigenvalue weighted by molar-refractivity contribution is 5.76. The van der Waals surface area contributed by atoms with Crippen LogP contribution in [-0.2, 0) is 9.53 Å². The number of aromatic nitrogens is 3. The van der Waals surface area contributed by atoms with Crippen LogP contribution in [0.1, 0.15) is 36.0 Å². The van der Waals surface area contributed by atoms with E-state index in [2.05, 4.69) is 28.1 Å². The maximum absolute atomic E-state index is 12.7. The molecule has 1 aliphatic heterocycles. The van der Waals surface area contributed by atoms with Gasteiger partial charge >= 0.3 is 0 Å². The van der Waals surface area contributed by atoms with Crippen molar-refractivity contribution in [3.05, 3.63) is 59.6 Å². The third kappa shape index (κ3) is 5.27. The van der Waals surface area contributed by atoms with Gasteiger partial charge in [-0.2, -0.15) is 4.98 Å². The molecule has 1 saturated heterocycles. The standard InChI is InChI=1S/C23H26N4O4/c1-16-8-9-19(17(2)14-16)29-12-5-7-21(28)27-11-13-30-20(15-27)23-25-22(26-31-23)18-6-3-4-10-24-18/h3-4,6,8-10,14,20H,5,7,11-13,15H2,1-2H3/t20-/m1/s1. The van der Waals surface area contributed by atoms with E-state index in [1.807, 2.05) is 37.3 Å². The third-order valence-corrected chi connectivity index (χ3v) is 5.15. The quantitative estimate of drug-likeness (QED) is 0.538. The van der Waals surface area contributed by atoms with Crippen LogP contribution in [0.3, 0.4) is 0 Å². The molecule has 0 radical (unpaired) electrons. The van der Waals surface area contributed by atoms with E-state index in [-0.39, 0.29) is 5.91 Å². The fourth-order valence-electron chi connectivity index (χ4n) is 3.52. The number of pyridine rings is 1. The Morgan fingerprint density at radius 1 is 1.26 bits per heavy atom. The predicted molar refractivity (Wildman–Crippen MR) is 113 cm³/mol. The SMILES string of the molecule is Cc1ccc(OCCCC(=O)N2CCO[C@@H](c3nc(-c4ccccn4)no3)C2)c(C)c1. The smallest absolute Gasteiger partial charge is 0.257 e. The van der Waals surface area contributed by atoms with Gasteiger partial charge in [0.1, 0.15) is 11.4 Å². The van der Waals surface area contributed by atoms with Gasteiger partial charge in [-0.3, -0.25) is 9.78 Å². The van der Waals surface area contributed by atoms with E-state index in [0.29, 0.717) is 56.6 Å². The lowest BCUT2D eigenvalue weighted by atomic mass is 10.1. The molecule has 0 bridgehead atoms. The van der Waals surface area contributed by atoms with Gasteiger partial charge in [0.25, 0.3) is 5.89 Å². The number of rotatable bonds is 7. The zero-order valence-corrected chi connectivity index (χ0v) is 17.8. The van der Waals surface area contributed by atoms with E-state index < -0.39 is 6.10 Å². The molecular formula is C23H26N4O4. The number of ether oxygens (including phenoxy) is 2. The van der Waals surface area contributed by atoms with Crippen molar-refractivity contribution in [2.45, 2.75) is 32.8 Å². The maximum Gasteiger partial charge on any atom is 0.257 e. The Kier molecular flexibility index (Phi) is 6.57. The molecule has 0 unspecified atom stereocenters. The lowest BCUT2D eigenvalue weighted by Crippen LogP contribution is -2.42. The molecule has 0 aliphatic carbocycles. The Hall–Kier alpha value is -3.26. The normalized spacial score (nSPS) is 16.3. The molecule has 1 aliphatic rings. The van der Waals surface area contributed by atoms with Gasteiger partial charge in [0.05, 0.1) is 19.8 Å². The van der Waals surface area contributed by atoms with E-state index in [1.165, 1.54) is 5.56 Å². The van der Waals surface area contributed by atoms with E-state index >= 15 is 0 Å². The van der Waals surface area contributed by atoms with Gasteiger partial charge < -0.3 is 18.9 Å². The lowest BCUT2D eigenvalue weighted by Gasteiger charge is -2.31. The summed E-state index contributed by atoms with van der Waals surface area (Å²) in [5.41, 5.74) is 2.94. The molecule has 1 atom stereocenters. The monoisotopic (exact) mass is 422 g/mol. The first-order valence-electron chi connectivity index (χ1n) is 10.4. The Morgan fingerprint density at radius 2 is 2.16 bits per heavy atom. The molecule has 31 heavy (non-hydrogen) atoms. The van der Waals surface area contributed by atoms with Gasteiger partial charge in [-0.05, 0) is 44.0 Å². The number of hydrogen-bond donors (Lipinski definition) is 0. The molecule has 3 heterocycles. The molecule has 0 spiro atoms. The van der Waals surface area contributed by atoms with Crippen LogP contribution in [0.25, 0.3) is 11.5 Å². The van der Waals surface area contributed by atoms with Crippen LogP contribution in [0.15, 0.2) is 47.1 Å². The minimum absolute atomic E-state index is 0.0713. The zero-order chi connectivity index (χ0) is 21.6. The van der Waals surface area contributed by atoms with Crippen molar-refractivity contribution in [3.63, 3.8) is 0 Å². The summed E-state index contributed by atoms with van der Waals surface area (Å²) in [5, 5.41) is 3.98. The largest absolute Gasteiger partial charge is 0.493 e. The molecule has 1 amide bonds. The molecule has 8 nitrogen and oxygen atoms in total. The van der Waals surface area contributed by atoms with Crippen LogP contribution in [0.5, 0.6) is 5.75 Å². The minimum Gasteiger partial charge on any atom is -0.493 e. The van der Waals surface area contributed by atoms with Crippen LogP contribution in [-0.4, -0.2) is 52.2 Å². The summed E-state index contributed by atoms with van der Waals surface area (Å²) in [6, 6.07) is 11.6. The summed E-state index contributed by atoms with van der Waals surface area (Å²) < 4.78 is 17.0. The van der Waals surface area contributed by atoms with E-state index in [1.54, 1.807) is 11.1 Å². The van der Waals surface area contributed by atoms with Crippen molar-refractivity contribution in [2.75, 3.05) is 26.3 Å². The fourth-order valence-corrected chi connectivity index (χ4v) is 3.52. The van der Waals surface area contributed by atoms with Gasteiger partial charge in [0, 0.05) is 19.2 Å². The van der Waals surface area contributed by atoms with Crippen LogP contribution < -0.4 is 4.74 Å². The van der Waals surface area contributed by atoms with Crippen LogP contribution in [0, 0.1) is 13.8 Å². The second kappa shape index (κ2) is 9.70. The first-order valence-corrected chi connectivity index (χ1v) is 10.4. The summed E-state index contributed by atoms with van der Waals surface area (Å²) in [5.74, 6) is 1.70. The van der Waals surface area contributed by atoms with E-state index in [4.69, 9.17) is 14.0 Å². The first kappa shape index (κ1) is 21.0. The molecule has 0 N–H and O–H groups in total. The van der Waals surface area contributed by atoms with Gasteiger partial charge in [-0.1, -0.05) is 28.9 Å². The summed E-state index contributed by atoms with van der Waals surface area (Å²) in [6.07, 6.45) is 2.31. The number of carbonyl (C=O) groups is 1. The summed E-state index contributed by atoms with van der Waals surface area (Å²) >= 11 is 0. The van der Waals surface area contributed by atoms with Crippen molar-refractivity contribution in [1.29, 1.82) is 0 Å². The summed E-state index contributed by atoms with van der Waals surface area (Å²) in [4.78, 5) is 23.1. The van der Waals surface area contributed by atoms with Crippen molar-refractivity contribution < 1.29 is 18.8 Å². The Bertz CT molecular complexity index is 1020. The van der Waals surface area contributed by atoms with Crippen LogP contribution in [0.4, 0.5) is 0 Å². The highest BCUT2D eigenvalue weighted by Crippen LogP contribution is 2.24. The number of aryl methyl sites for hydroxylation is 2. The maximum atomic E-state index is 12.7. The molecule has 162 valence electrons. The number of benzene rings is 1. The van der Waals surface area contributed by atoms with Crippen LogP contribution >= 0.6 is 0 Å². The van der Waals surface area contributed by atoms with Crippen molar-refractivity contribution in [3.8, 4) is 17.3 Å². The van der Waals surface area contributed by atoms with Gasteiger partial charge in [0.2, 0.25) is 11.7 Å². The average Bonchev–Trinajstić information content (AvgIpc) is 3.29. The first-order chi connectivity index (χ1) is 15.1. The Labute approximate surface area is 181 Å². The molecule has 1 fully saturated rings. The van der Waals surface area contributed by atoms with Crippen LogP contribution in [0.2, 0.25) is 0 Å². The average molecular weight is 422 g/mol. The second-order valence-corrected chi connectivity index (χ2v) is 7.59. The second-order valence-electron chi connectivity index (χ2n) is 7.59. The molecule has 0 saturated carbocycles. The Balaban J connectivity index is 1.27. The van der Waals surface area contributed by atoms with Gasteiger partial charge in [-0.15, -0.1) is 0 Å². The highest BCUT2D eigenvalue weighted by Gasteiger charge is 2.29. The predicted octanol–water partition coefficient (Wildman–Crippen LogP) is 3.51. The van der Waals surface area contributed by atoms with E-state index in [0.717, 1.165) is 11.3 Å². The van der Waals surface area contributed by atoms with Crippen molar-refractivity contribution in [2.24, 2.45) is 0 Å². The number of carbonyl (C=O) groups excluding carboxylic acids is 1. The molecule has 2 aromatic heterocycles. The summed E-state index contributed by atoms with van der Waals surface area (Å²) in [6.45, 7) is 5.95. The van der Waals surface area contributed by atoms with Crippen molar-refractivity contribution >= 4 is 5.91 Å². The number of hydrogen-bond acceptors (Lipinski definition) is 7.